The van der Waals surface area contributed by atoms with Gasteiger partial charge in [0.15, 0.2) is 0 Å². The van der Waals surface area contributed by atoms with Gasteiger partial charge >= 0.3 is 0 Å². The van der Waals surface area contributed by atoms with Gasteiger partial charge in [-0.25, -0.2) is 0 Å². The number of hydrogen-bond acceptors (Lipinski definition) is 2. The molecule has 0 fully saturated rings. The molecule has 0 amide bonds. The van der Waals surface area contributed by atoms with E-state index in [1.54, 1.807) is 6.20 Å². The molecule has 0 saturated heterocycles. The zero-order chi connectivity index (χ0) is 17.1. The molecule has 0 aliphatic rings. The van der Waals surface area contributed by atoms with Crippen molar-refractivity contribution in [1.82, 2.24) is 4.98 Å². The van der Waals surface area contributed by atoms with Crippen molar-refractivity contribution in [2.75, 3.05) is 4.90 Å². The summed E-state index contributed by atoms with van der Waals surface area (Å²) >= 11 is 3.52. The molecule has 0 N–H and O–H groups in total. The summed E-state index contributed by atoms with van der Waals surface area (Å²) in [7, 11) is 0. The molecule has 24 heavy (non-hydrogen) atoms. The maximum absolute atomic E-state index is 4.49. The van der Waals surface area contributed by atoms with E-state index in [-0.39, 0.29) is 0 Å². The molecule has 1 aromatic heterocycles. The van der Waals surface area contributed by atoms with Gasteiger partial charge in [0.25, 0.3) is 0 Å². The van der Waals surface area contributed by atoms with E-state index >= 15 is 0 Å². The number of pyridine rings is 1. The van der Waals surface area contributed by atoms with Crippen LogP contribution in [0, 0.1) is 13.8 Å². The lowest BCUT2D eigenvalue weighted by Gasteiger charge is -2.28. The number of para-hydroxylation sites is 1. The van der Waals surface area contributed by atoms with E-state index < -0.39 is 0 Å². The first-order chi connectivity index (χ1) is 11.6. The second-order valence-corrected chi connectivity index (χ2v) is 6.68. The van der Waals surface area contributed by atoms with Crippen molar-refractivity contribution in [3.8, 4) is 0 Å². The summed E-state index contributed by atoms with van der Waals surface area (Å²) in [6.07, 6.45) is 1.79. The zero-order valence-corrected chi connectivity index (χ0v) is 15.4. The summed E-state index contributed by atoms with van der Waals surface area (Å²) in [6.45, 7) is 8.52. The molecular formula is C21H19BrN2. The molecule has 1 heterocycles. The van der Waals surface area contributed by atoms with E-state index in [4.69, 9.17) is 0 Å². The average Bonchev–Trinajstić information content (AvgIpc) is 2.58. The van der Waals surface area contributed by atoms with Gasteiger partial charge in [-0.1, -0.05) is 58.4 Å². The molecule has 0 spiro atoms. The molecule has 0 aliphatic carbocycles. The van der Waals surface area contributed by atoms with Crippen LogP contribution < -0.4 is 4.90 Å². The Balaban J connectivity index is 2.13. The Kier molecular flexibility index (Phi) is 4.81. The van der Waals surface area contributed by atoms with Gasteiger partial charge < -0.3 is 4.90 Å². The van der Waals surface area contributed by atoms with Gasteiger partial charge in [-0.3, -0.25) is 4.98 Å². The monoisotopic (exact) mass is 378 g/mol. The lowest BCUT2D eigenvalue weighted by atomic mass is 10.1. The van der Waals surface area contributed by atoms with Crippen LogP contribution in [0.25, 0.3) is 5.70 Å². The molecule has 2 aromatic carbocycles. The molecule has 0 atom stereocenters. The number of aromatic nitrogens is 1. The van der Waals surface area contributed by atoms with Crippen LogP contribution in [-0.4, -0.2) is 4.98 Å². The van der Waals surface area contributed by atoms with Gasteiger partial charge in [0.1, 0.15) is 0 Å². The first kappa shape index (κ1) is 16.5. The van der Waals surface area contributed by atoms with Crippen molar-refractivity contribution in [3.05, 3.63) is 94.7 Å². The first-order valence-corrected chi connectivity index (χ1v) is 8.59. The van der Waals surface area contributed by atoms with Gasteiger partial charge in [0.05, 0.1) is 11.4 Å². The molecule has 120 valence electrons. The normalized spacial score (nSPS) is 10.5. The lowest BCUT2D eigenvalue weighted by Crippen LogP contribution is -2.16. The van der Waals surface area contributed by atoms with Gasteiger partial charge in [0, 0.05) is 22.0 Å². The van der Waals surface area contributed by atoms with E-state index in [2.05, 4.69) is 82.6 Å². The fourth-order valence-electron chi connectivity index (χ4n) is 2.63. The van der Waals surface area contributed by atoms with Gasteiger partial charge in [-0.2, -0.15) is 0 Å². The molecule has 2 nitrogen and oxygen atoms in total. The molecular weight excluding hydrogens is 360 g/mol. The van der Waals surface area contributed by atoms with E-state index in [0.717, 1.165) is 27.2 Å². The molecule has 0 unspecified atom stereocenters. The van der Waals surface area contributed by atoms with Crippen LogP contribution in [0.5, 0.6) is 0 Å². The van der Waals surface area contributed by atoms with Crippen molar-refractivity contribution >= 4 is 33.0 Å². The lowest BCUT2D eigenvalue weighted by molar-refractivity contribution is 1.19. The van der Waals surface area contributed by atoms with Crippen LogP contribution in [0.4, 0.5) is 11.4 Å². The van der Waals surface area contributed by atoms with Crippen molar-refractivity contribution in [1.29, 1.82) is 0 Å². The Morgan fingerprint density at radius 2 is 1.71 bits per heavy atom. The topological polar surface area (TPSA) is 16.1 Å². The SMILES string of the molecule is C=C(c1cc(Br)ccn1)N(c1ccc(C)cc1)c1ccccc1C. The van der Waals surface area contributed by atoms with Crippen LogP contribution in [0.2, 0.25) is 0 Å². The molecule has 0 radical (unpaired) electrons. The van der Waals surface area contributed by atoms with Crippen LogP contribution in [0.3, 0.4) is 0 Å². The standard InChI is InChI=1S/C21H19BrN2/c1-15-8-10-19(11-9-15)24(21-7-5-4-6-16(21)2)17(3)20-14-18(22)12-13-23-20/h4-14H,3H2,1-2H3. The second kappa shape index (κ2) is 7.02. The number of halogens is 1. The van der Waals surface area contributed by atoms with Gasteiger partial charge in [-0.15, -0.1) is 0 Å². The highest BCUT2D eigenvalue weighted by Crippen LogP contribution is 2.35. The maximum atomic E-state index is 4.49. The van der Waals surface area contributed by atoms with Crippen molar-refractivity contribution in [2.24, 2.45) is 0 Å². The average molecular weight is 379 g/mol. The Hall–Kier alpha value is -2.39. The third-order valence-electron chi connectivity index (χ3n) is 3.94. The number of aryl methyl sites for hydroxylation is 2. The number of nitrogens with zero attached hydrogens (tertiary/aromatic N) is 2. The Morgan fingerprint density at radius 3 is 2.38 bits per heavy atom. The minimum atomic E-state index is 0.841. The molecule has 0 bridgehead atoms. The quantitative estimate of drug-likeness (QED) is 0.531. The number of hydrogen-bond donors (Lipinski definition) is 0. The summed E-state index contributed by atoms with van der Waals surface area (Å²) in [4.78, 5) is 6.64. The minimum absolute atomic E-state index is 0.841. The molecule has 3 heteroatoms. The largest absolute Gasteiger partial charge is 0.309 e. The van der Waals surface area contributed by atoms with Crippen LogP contribution in [-0.2, 0) is 0 Å². The van der Waals surface area contributed by atoms with Gasteiger partial charge in [-0.05, 0) is 49.7 Å². The van der Waals surface area contributed by atoms with Crippen molar-refractivity contribution in [2.45, 2.75) is 13.8 Å². The van der Waals surface area contributed by atoms with Crippen molar-refractivity contribution in [3.63, 3.8) is 0 Å². The predicted octanol–water partition coefficient (Wildman–Crippen LogP) is 6.27. The Morgan fingerprint density at radius 1 is 1.00 bits per heavy atom. The highest BCUT2D eigenvalue weighted by molar-refractivity contribution is 9.10. The van der Waals surface area contributed by atoms with E-state index in [1.165, 1.54) is 11.1 Å². The predicted molar refractivity (Wildman–Crippen MR) is 105 cm³/mol. The van der Waals surface area contributed by atoms with Gasteiger partial charge in [0.2, 0.25) is 0 Å². The molecule has 0 aliphatic heterocycles. The van der Waals surface area contributed by atoms with E-state index in [1.807, 2.05) is 24.3 Å². The number of anilines is 2. The highest BCUT2D eigenvalue weighted by Gasteiger charge is 2.17. The highest BCUT2D eigenvalue weighted by atomic mass is 79.9. The first-order valence-electron chi connectivity index (χ1n) is 7.79. The molecule has 0 saturated carbocycles. The summed E-state index contributed by atoms with van der Waals surface area (Å²) in [5.41, 5.74) is 6.28. The van der Waals surface area contributed by atoms with Crippen LogP contribution in [0.15, 0.2) is 77.9 Å². The summed E-state index contributed by atoms with van der Waals surface area (Å²) in [5, 5.41) is 0. The fraction of sp³-hybridized carbons (Fsp3) is 0.0952. The second-order valence-electron chi connectivity index (χ2n) is 5.76. The third kappa shape index (κ3) is 3.41. The number of rotatable bonds is 4. The third-order valence-corrected chi connectivity index (χ3v) is 4.43. The summed E-state index contributed by atoms with van der Waals surface area (Å²) in [6, 6.07) is 20.7. The number of benzene rings is 2. The van der Waals surface area contributed by atoms with Crippen LogP contribution >= 0.6 is 15.9 Å². The fourth-order valence-corrected chi connectivity index (χ4v) is 2.96. The summed E-state index contributed by atoms with van der Waals surface area (Å²) in [5.74, 6) is 0. The van der Waals surface area contributed by atoms with Crippen LogP contribution in [0.1, 0.15) is 16.8 Å². The zero-order valence-electron chi connectivity index (χ0n) is 13.8. The minimum Gasteiger partial charge on any atom is -0.309 e. The maximum Gasteiger partial charge on any atom is 0.0875 e. The van der Waals surface area contributed by atoms with E-state index in [0.29, 0.717) is 0 Å². The molecule has 3 aromatic rings. The van der Waals surface area contributed by atoms with E-state index in [9.17, 15) is 0 Å². The summed E-state index contributed by atoms with van der Waals surface area (Å²) < 4.78 is 0.988. The Bertz CT molecular complexity index is 869. The Labute approximate surface area is 151 Å². The molecule has 3 rings (SSSR count). The van der Waals surface area contributed by atoms with Crippen molar-refractivity contribution < 1.29 is 0 Å². The smallest absolute Gasteiger partial charge is 0.0875 e.